The van der Waals surface area contributed by atoms with Crippen molar-refractivity contribution in [2.75, 3.05) is 0 Å². The van der Waals surface area contributed by atoms with Gasteiger partial charge >= 0.3 is 5.97 Å². The van der Waals surface area contributed by atoms with Gasteiger partial charge in [-0.15, -0.1) is 5.06 Å². The fraction of sp³-hybridized carbons (Fsp3) is 0.154. The zero-order valence-corrected chi connectivity index (χ0v) is 10.8. The van der Waals surface area contributed by atoms with Crippen LogP contribution in [0, 0.1) is 0 Å². The summed E-state index contributed by atoms with van der Waals surface area (Å²) in [6.07, 6.45) is 1.51. The molecule has 2 aromatic rings. The van der Waals surface area contributed by atoms with E-state index in [0.717, 1.165) is 5.56 Å². The minimum atomic E-state index is -0.761. The summed E-state index contributed by atoms with van der Waals surface area (Å²) in [5.41, 5.74) is 0.975. The maximum absolute atomic E-state index is 11.9. The first-order valence-electron chi connectivity index (χ1n) is 6.19. The fourth-order valence-electron chi connectivity index (χ4n) is 1.90. The molecular formula is C13H10N4O4. The number of amides is 2. The van der Waals surface area contributed by atoms with Crippen molar-refractivity contribution < 1.29 is 19.2 Å². The van der Waals surface area contributed by atoms with Crippen LogP contribution < -0.4 is 0 Å². The molecule has 1 fully saturated rings. The number of aromatic amines is 1. The van der Waals surface area contributed by atoms with Gasteiger partial charge in [0.15, 0.2) is 5.82 Å². The average molecular weight is 286 g/mol. The highest BCUT2D eigenvalue weighted by molar-refractivity contribution is 6.02. The first-order valence-corrected chi connectivity index (χ1v) is 6.19. The van der Waals surface area contributed by atoms with E-state index in [-0.39, 0.29) is 18.4 Å². The average Bonchev–Trinajstić information content (AvgIpc) is 3.13. The van der Waals surface area contributed by atoms with Gasteiger partial charge in [-0.05, 0) is 12.1 Å². The van der Waals surface area contributed by atoms with E-state index in [0.29, 0.717) is 10.9 Å². The minimum Gasteiger partial charge on any atom is -0.325 e. The summed E-state index contributed by atoms with van der Waals surface area (Å²) in [4.78, 5) is 43.4. The van der Waals surface area contributed by atoms with Gasteiger partial charge in [0.05, 0.1) is 5.56 Å². The van der Waals surface area contributed by atoms with Crippen molar-refractivity contribution in [3.8, 4) is 11.4 Å². The van der Waals surface area contributed by atoms with E-state index in [9.17, 15) is 14.4 Å². The van der Waals surface area contributed by atoms with E-state index in [2.05, 4.69) is 15.2 Å². The molecule has 1 saturated heterocycles. The molecule has 1 aromatic carbocycles. The summed E-state index contributed by atoms with van der Waals surface area (Å²) >= 11 is 0. The summed E-state index contributed by atoms with van der Waals surface area (Å²) in [5, 5.41) is 6.95. The molecule has 0 radical (unpaired) electrons. The number of hydroxylamine groups is 2. The number of H-pyrrole nitrogens is 1. The zero-order valence-electron chi connectivity index (χ0n) is 10.8. The Balaban J connectivity index is 1.73. The summed E-state index contributed by atoms with van der Waals surface area (Å²) in [5.74, 6) is -1.21. The lowest BCUT2D eigenvalue weighted by Crippen LogP contribution is -2.32. The van der Waals surface area contributed by atoms with Crippen LogP contribution in [-0.4, -0.2) is 38.0 Å². The number of hydrogen-bond donors (Lipinski definition) is 1. The number of imide groups is 1. The Morgan fingerprint density at radius 2 is 1.81 bits per heavy atom. The lowest BCUT2D eigenvalue weighted by Gasteiger charge is -2.12. The van der Waals surface area contributed by atoms with Crippen LogP contribution in [0.5, 0.6) is 0 Å². The number of nitrogens with one attached hydrogen (secondary N) is 1. The third-order valence-corrected chi connectivity index (χ3v) is 2.99. The Labute approximate surface area is 118 Å². The van der Waals surface area contributed by atoms with E-state index in [4.69, 9.17) is 4.84 Å². The van der Waals surface area contributed by atoms with Crippen LogP contribution in [0.1, 0.15) is 23.2 Å². The lowest BCUT2D eigenvalue weighted by molar-refractivity contribution is -0.172. The third-order valence-electron chi connectivity index (χ3n) is 2.99. The molecule has 0 atom stereocenters. The number of hydrogen-bond acceptors (Lipinski definition) is 6. The van der Waals surface area contributed by atoms with Gasteiger partial charge in [0, 0.05) is 18.4 Å². The van der Waals surface area contributed by atoms with Gasteiger partial charge in [-0.3, -0.25) is 14.7 Å². The van der Waals surface area contributed by atoms with Gasteiger partial charge < -0.3 is 4.84 Å². The molecule has 106 valence electrons. The highest BCUT2D eigenvalue weighted by Crippen LogP contribution is 2.17. The highest BCUT2D eigenvalue weighted by atomic mass is 16.7. The Morgan fingerprint density at radius 3 is 2.38 bits per heavy atom. The number of benzene rings is 1. The Hall–Kier alpha value is -3.03. The van der Waals surface area contributed by atoms with Gasteiger partial charge in [0.1, 0.15) is 6.33 Å². The topological polar surface area (TPSA) is 105 Å². The number of carbonyl (C=O) groups is 3. The first-order chi connectivity index (χ1) is 10.1. The molecular weight excluding hydrogens is 276 g/mol. The summed E-state index contributed by atoms with van der Waals surface area (Å²) < 4.78 is 0. The summed E-state index contributed by atoms with van der Waals surface area (Å²) in [7, 11) is 0. The van der Waals surface area contributed by atoms with Crippen molar-refractivity contribution in [3.63, 3.8) is 0 Å². The van der Waals surface area contributed by atoms with Crippen LogP contribution in [0.2, 0.25) is 0 Å². The second-order valence-corrected chi connectivity index (χ2v) is 4.37. The van der Waals surface area contributed by atoms with E-state index < -0.39 is 17.8 Å². The number of nitrogens with zero attached hydrogens (tertiary/aromatic N) is 3. The molecule has 8 heteroatoms. The van der Waals surface area contributed by atoms with Crippen molar-refractivity contribution in [2.24, 2.45) is 0 Å². The Kier molecular flexibility index (Phi) is 3.19. The number of carbonyl (C=O) groups excluding carboxylic acids is 3. The molecule has 3 rings (SSSR count). The predicted molar refractivity (Wildman–Crippen MR) is 68.3 cm³/mol. The standard InChI is InChI=1S/C13H10N4O4/c18-10-5-6-11(19)17(10)21-13(20)9-3-1-8(2-4-9)12-14-7-15-16-12/h1-4,7H,5-6H2,(H,14,15,16). The second kappa shape index (κ2) is 5.16. The minimum absolute atomic E-state index is 0.0660. The first kappa shape index (κ1) is 13.0. The monoisotopic (exact) mass is 286 g/mol. The summed E-state index contributed by atoms with van der Waals surface area (Å²) in [6.45, 7) is 0. The molecule has 2 amide bonds. The smallest absolute Gasteiger partial charge is 0.325 e. The molecule has 1 aromatic heterocycles. The largest absolute Gasteiger partial charge is 0.363 e. The van der Waals surface area contributed by atoms with Crippen molar-refractivity contribution in [1.82, 2.24) is 20.2 Å². The van der Waals surface area contributed by atoms with Gasteiger partial charge in [0.25, 0.3) is 11.8 Å². The molecule has 0 aliphatic carbocycles. The second-order valence-electron chi connectivity index (χ2n) is 4.37. The Morgan fingerprint density at radius 1 is 1.14 bits per heavy atom. The number of aromatic nitrogens is 3. The fourth-order valence-corrected chi connectivity index (χ4v) is 1.90. The van der Waals surface area contributed by atoms with E-state index in [1.54, 1.807) is 12.1 Å². The number of rotatable bonds is 3. The zero-order chi connectivity index (χ0) is 14.8. The predicted octanol–water partition coefficient (Wildman–Crippen LogP) is 0.692. The van der Waals surface area contributed by atoms with Crippen molar-refractivity contribution in [2.45, 2.75) is 12.8 Å². The molecule has 0 unspecified atom stereocenters. The molecule has 8 nitrogen and oxygen atoms in total. The van der Waals surface area contributed by atoms with Gasteiger partial charge in [0.2, 0.25) is 0 Å². The molecule has 0 spiro atoms. The van der Waals surface area contributed by atoms with Crippen LogP contribution in [-0.2, 0) is 14.4 Å². The van der Waals surface area contributed by atoms with Gasteiger partial charge in [-0.1, -0.05) is 12.1 Å². The van der Waals surface area contributed by atoms with Crippen LogP contribution in [0.4, 0.5) is 0 Å². The lowest BCUT2D eigenvalue weighted by atomic mass is 10.1. The maximum Gasteiger partial charge on any atom is 0.363 e. The van der Waals surface area contributed by atoms with Crippen molar-refractivity contribution >= 4 is 17.8 Å². The third kappa shape index (κ3) is 2.50. The van der Waals surface area contributed by atoms with Crippen LogP contribution in [0.3, 0.4) is 0 Å². The maximum atomic E-state index is 11.9. The quantitative estimate of drug-likeness (QED) is 0.832. The van der Waals surface area contributed by atoms with Crippen LogP contribution in [0.15, 0.2) is 30.6 Å². The summed E-state index contributed by atoms with van der Waals surface area (Å²) in [6, 6.07) is 6.35. The molecule has 21 heavy (non-hydrogen) atoms. The molecule has 1 N–H and O–H groups in total. The SMILES string of the molecule is O=C(ON1C(=O)CCC1=O)c1ccc(-c2ncn[nH]2)cc1. The molecule has 0 bridgehead atoms. The molecule has 0 saturated carbocycles. The van der Waals surface area contributed by atoms with Gasteiger partial charge in [-0.25, -0.2) is 9.78 Å². The highest BCUT2D eigenvalue weighted by Gasteiger charge is 2.33. The Bertz CT molecular complexity index is 677. The van der Waals surface area contributed by atoms with E-state index in [1.165, 1.54) is 18.5 Å². The van der Waals surface area contributed by atoms with Crippen molar-refractivity contribution in [1.29, 1.82) is 0 Å². The molecule has 2 heterocycles. The molecule has 1 aliphatic rings. The van der Waals surface area contributed by atoms with Crippen molar-refractivity contribution in [3.05, 3.63) is 36.2 Å². The normalized spacial score (nSPS) is 14.6. The van der Waals surface area contributed by atoms with E-state index in [1.807, 2.05) is 0 Å². The van der Waals surface area contributed by atoms with Crippen LogP contribution in [0.25, 0.3) is 11.4 Å². The van der Waals surface area contributed by atoms with Crippen LogP contribution >= 0.6 is 0 Å². The molecule has 1 aliphatic heterocycles. The van der Waals surface area contributed by atoms with Gasteiger partial charge in [-0.2, -0.15) is 5.10 Å². The van der Waals surface area contributed by atoms with E-state index >= 15 is 0 Å².